The zero-order chi connectivity index (χ0) is 22.1. The van der Waals surface area contributed by atoms with Crippen LogP contribution in [-0.2, 0) is 11.2 Å². The number of hydrogen-bond acceptors (Lipinski definition) is 4. The van der Waals surface area contributed by atoms with Crippen molar-refractivity contribution in [1.82, 2.24) is 15.2 Å². The molecule has 0 radical (unpaired) electrons. The van der Waals surface area contributed by atoms with Gasteiger partial charge in [-0.25, -0.2) is 0 Å². The number of halogens is 1. The molecule has 1 aliphatic rings. The molecule has 2 aromatic carbocycles. The van der Waals surface area contributed by atoms with Crippen LogP contribution in [-0.4, -0.2) is 40.8 Å². The van der Waals surface area contributed by atoms with Gasteiger partial charge < -0.3 is 14.6 Å². The minimum Gasteiger partial charge on any atom is -0.451 e. The fraction of sp³-hybridized carbons (Fsp3) is 0.160. The van der Waals surface area contributed by atoms with Crippen LogP contribution in [0.15, 0.2) is 77.5 Å². The van der Waals surface area contributed by atoms with Crippen molar-refractivity contribution in [3.8, 4) is 11.1 Å². The highest BCUT2D eigenvalue weighted by Gasteiger charge is 2.35. The number of fused-ring (bicyclic) bond motifs is 1. The molecule has 0 bridgehead atoms. The molecule has 6 nitrogen and oxygen atoms in total. The first-order valence-corrected chi connectivity index (χ1v) is 10.7. The second-order valence-electron chi connectivity index (χ2n) is 7.74. The van der Waals surface area contributed by atoms with Crippen molar-refractivity contribution in [2.45, 2.75) is 12.5 Å². The summed E-state index contributed by atoms with van der Waals surface area (Å²) in [5.74, 6) is -0.276. The van der Waals surface area contributed by atoms with E-state index in [1.165, 1.54) is 0 Å². The van der Waals surface area contributed by atoms with E-state index in [0.29, 0.717) is 30.1 Å². The van der Waals surface area contributed by atoms with E-state index < -0.39 is 6.04 Å². The number of furan rings is 1. The Morgan fingerprint density at radius 2 is 2.00 bits per heavy atom. The Morgan fingerprint density at radius 1 is 1.12 bits per heavy atom. The highest BCUT2D eigenvalue weighted by Crippen LogP contribution is 2.26. The molecule has 5 rings (SSSR count). The van der Waals surface area contributed by atoms with Crippen LogP contribution in [0.25, 0.3) is 22.1 Å². The fourth-order valence-electron chi connectivity index (χ4n) is 4.06. The lowest BCUT2D eigenvalue weighted by molar-refractivity contribution is -0.127. The predicted molar refractivity (Wildman–Crippen MR) is 122 cm³/mol. The first kappa shape index (κ1) is 20.3. The number of rotatable bonds is 4. The molecule has 0 saturated carbocycles. The summed E-state index contributed by atoms with van der Waals surface area (Å²) in [7, 11) is 0. The molecule has 1 unspecified atom stereocenters. The van der Waals surface area contributed by atoms with Gasteiger partial charge in [0, 0.05) is 42.3 Å². The van der Waals surface area contributed by atoms with Crippen LogP contribution in [0.5, 0.6) is 0 Å². The number of benzene rings is 2. The van der Waals surface area contributed by atoms with Crippen LogP contribution in [0.1, 0.15) is 16.1 Å². The number of aromatic nitrogens is 1. The van der Waals surface area contributed by atoms with Crippen LogP contribution in [0, 0.1) is 0 Å². The van der Waals surface area contributed by atoms with Gasteiger partial charge in [-0.15, -0.1) is 0 Å². The van der Waals surface area contributed by atoms with Crippen LogP contribution in [0.4, 0.5) is 0 Å². The van der Waals surface area contributed by atoms with Crippen molar-refractivity contribution in [1.29, 1.82) is 0 Å². The number of piperazine rings is 1. The molecule has 2 aromatic heterocycles. The molecule has 2 amide bonds. The Hall–Kier alpha value is -3.64. The smallest absolute Gasteiger partial charge is 0.290 e. The van der Waals surface area contributed by atoms with E-state index in [-0.39, 0.29) is 17.6 Å². The summed E-state index contributed by atoms with van der Waals surface area (Å²) < 4.78 is 5.76. The predicted octanol–water partition coefficient (Wildman–Crippen LogP) is 4.33. The van der Waals surface area contributed by atoms with E-state index in [9.17, 15) is 9.59 Å². The highest BCUT2D eigenvalue weighted by molar-refractivity contribution is 6.31. The lowest BCUT2D eigenvalue weighted by Crippen LogP contribution is -2.58. The molecule has 1 fully saturated rings. The van der Waals surface area contributed by atoms with Crippen LogP contribution in [0.3, 0.4) is 0 Å². The molecule has 0 spiro atoms. The van der Waals surface area contributed by atoms with Gasteiger partial charge in [-0.1, -0.05) is 41.9 Å². The fourth-order valence-corrected chi connectivity index (χ4v) is 4.24. The SMILES string of the molecule is O=C1NCCN(C(=O)c2cc3cc(Cl)ccc3o2)C1Cc1cccc(-c2cccnc2)c1. The summed E-state index contributed by atoms with van der Waals surface area (Å²) in [5, 5.41) is 4.20. The molecule has 1 aliphatic heterocycles. The molecule has 7 heteroatoms. The summed E-state index contributed by atoms with van der Waals surface area (Å²) >= 11 is 6.05. The Balaban J connectivity index is 1.43. The topological polar surface area (TPSA) is 75.4 Å². The number of hydrogen-bond donors (Lipinski definition) is 1. The first-order chi connectivity index (χ1) is 15.6. The second-order valence-corrected chi connectivity index (χ2v) is 8.18. The van der Waals surface area contributed by atoms with Gasteiger partial charge in [-0.05, 0) is 47.0 Å². The second kappa shape index (κ2) is 8.48. The van der Waals surface area contributed by atoms with Gasteiger partial charge in [0.2, 0.25) is 5.91 Å². The van der Waals surface area contributed by atoms with Crippen molar-refractivity contribution < 1.29 is 14.0 Å². The van der Waals surface area contributed by atoms with E-state index in [1.54, 1.807) is 41.6 Å². The molecule has 1 atom stereocenters. The number of carbonyl (C=O) groups excluding carboxylic acids is 2. The normalized spacial score (nSPS) is 16.2. The average Bonchev–Trinajstić information content (AvgIpc) is 3.24. The van der Waals surface area contributed by atoms with Gasteiger partial charge >= 0.3 is 0 Å². The molecule has 32 heavy (non-hydrogen) atoms. The summed E-state index contributed by atoms with van der Waals surface area (Å²) in [6.45, 7) is 0.818. The third kappa shape index (κ3) is 3.97. The minimum atomic E-state index is -0.628. The van der Waals surface area contributed by atoms with Gasteiger partial charge in [-0.2, -0.15) is 0 Å². The Labute approximate surface area is 189 Å². The van der Waals surface area contributed by atoms with Crippen molar-refractivity contribution >= 4 is 34.4 Å². The standard InChI is InChI=1S/C25H20ClN3O3/c26-20-6-7-22-19(13-20)14-23(32-22)25(31)29-10-9-28-24(30)21(29)12-16-3-1-4-17(11-16)18-5-2-8-27-15-18/h1-8,11,13-15,21H,9-10,12H2,(H,28,30). The summed E-state index contributed by atoms with van der Waals surface area (Å²) in [5.41, 5.74) is 3.55. The zero-order valence-electron chi connectivity index (χ0n) is 17.1. The average molecular weight is 446 g/mol. The van der Waals surface area contributed by atoms with Gasteiger partial charge in [0.05, 0.1) is 0 Å². The first-order valence-electron chi connectivity index (χ1n) is 10.4. The lowest BCUT2D eigenvalue weighted by atomic mass is 9.98. The number of amides is 2. The molecule has 160 valence electrons. The minimum absolute atomic E-state index is 0.171. The molecular formula is C25H20ClN3O3. The van der Waals surface area contributed by atoms with E-state index in [0.717, 1.165) is 22.1 Å². The molecular weight excluding hydrogens is 426 g/mol. The maximum absolute atomic E-state index is 13.3. The summed E-state index contributed by atoms with van der Waals surface area (Å²) in [4.78, 5) is 31.8. The molecule has 3 heterocycles. The van der Waals surface area contributed by atoms with Crippen LogP contribution < -0.4 is 5.32 Å². The molecule has 4 aromatic rings. The van der Waals surface area contributed by atoms with Crippen molar-refractivity contribution in [3.63, 3.8) is 0 Å². The Kier molecular flexibility index (Phi) is 5.37. The van der Waals surface area contributed by atoms with Gasteiger partial charge in [0.25, 0.3) is 5.91 Å². The van der Waals surface area contributed by atoms with E-state index in [4.69, 9.17) is 16.0 Å². The zero-order valence-corrected chi connectivity index (χ0v) is 17.9. The number of pyridine rings is 1. The van der Waals surface area contributed by atoms with E-state index >= 15 is 0 Å². The maximum atomic E-state index is 13.3. The summed E-state index contributed by atoms with van der Waals surface area (Å²) in [6, 6.07) is 18.1. The van der Waals surface area contributed by atoms with Crippen LogP contribution in [0.2, 0.25) is 5.02 Å². The van der Waals surface area contributed by atoms with E-state index in [2.05, 4.69) is 10.3 Å². The van der Waals surface area contributed by atoms with Crippen molar-refractivity contribution in [2.75, 3.05) is 13.1 Å². The van der Waals surface area contributed by atoms with Crippen LogP contribution >= 0.6 is 11.6 Å². The molecule has 1 saturated heterocycles. The molecule has 0 aliphatic carbocycles. The van der Waals surface area contributed by atoms with Crippen molar-refractivity contribution in [3.05, 3.63) is 89.4 Å². The number of nitrogens with zero attached hydrogens (tertiary/aromatic N) is 2. The third-order valence-electron chi connectivity index (χ3n) is 5.63. The number of nitrogens with one attached hydrogen (secondary N) is 1. The van der Waals surface area contributed by atoms with Gasteiger partial charge in [0.1, 0.15) is 11.6 Å². The maximum Gasteiger partial charge on any atom is 0.290 e. The van der Waals surface area contributed by atoms with Crippen molar-refractivity contribution in [2.24, 2.45) is 0 Å². The van der Waals surface area contributed by atoms with E-state index in [1.807, 2.05) is 36.4 Å². The molecule has 1 N–H and O–H groups in total. The Bertz CT molecular complexity index is 1300. The highest BCUT2D eigenvalue weighted by atomic mass is 35.5. The number of carbonyl (C=O) groups is 2. The summed E-state index contributed by atoms with van der Waals surface area (Å²) in [6.07, 6.45) is 3.93. The third-order valence-corrected chi connectivity index (χ3v) is 5.87. The quantitative estimate of drug-likeness (QED) is 0.507. The Morgan fingerprint density at radius 3 is 2.84 bits per heavy atom. The monoisotopic (exact) mass is 445 g/mol. The lowest BCUT2D eigenvalue weighted by Gasteiger charge is -2.34. The van der Waals surface area contributed by atoms with Gasteiger partial charge in [-0.3, -0.25) is 14.6 Å². The largest absolute Gasteiger partial charge is 0.451 e. The van der Waals surface area contributed by atoms with Gasteiger partial charge in [0.15, 0.2) is 5.76 Å².